The van der Waals surface area contributed by atoms with E-state index >= 15 is 0 Å². The number of piperidine rings is 1. The number of alkyl carbamates (subject to hydrolysis) is 1. The average molecular weight is 311 g/mol. The zero-order chi connectivity index (χ0) is 16.1. The van der Waals surface area contributed by atoms with Gasteiger partial charge in [0, 0.05) is 12.1 Å². The van der Waals surface area contributed by atoms with Crippen molar-refractivity contribution in [3.05, 3.63) is 0 Å². The summed E-state index contributed by atoms with van der Waals surface area (Å²) in [6.45, 7) is 9.70. The van der Waals surface area contributed by atoms with E-state index in [1.54, 1.807) is 0 Å². The number of ether oxygens (including phenoxy) is 1. The Labute approximate surface area is 134 Å². The van der Waals surface area contributed by atoms with Crippen molar-refractivity contribution in [2.75, 3.05) is 26.2 Å². The second-order valence-corrected chi connectivity index (χ2v) is 7.92. The lowest BCUT2D eigenvalue weighted by Gasteiger charge is -2.34. The van der Waals surface area contributed by atoms with Gasteiger partial charge in [-0.3, -0.25) is 0 Å². The molecule has 0 atom stereocenters. The molecule has 2 aliphatic rings. The molecule has 0 aromatic carbocycles. The van der Waals surface area contributed by atoms with E-state index in [0.717, 1.165) is 38.4 Å². The minimum atomic E-state index is -0.435. The second-order valence-electron chi connectivity index (χ2n) is 7.92. The SMILES string of the molecule is CC(C)(C)OC(=O)NCC1(NCC2CCNCC2)CCCC1. The third kappa shape index (κ3) is 5.76. The molecule has 2 fully saturated rings. The number of carbonyl (C=O) groups excluding carboxylic acids is 1. The molecular weight excluding hydrogens is 278 g/mol. The number of nitrogens with one attached hydrogen (secondary N) is 3. The van der Waals surface area contributed by atoms with Crippen LogP contribution in [-0.2, 0) is 4.74 Å². The molecule has 1 amide bonds. The lowest BCUT2D eigenvalue weighted by atomic mass is 9.93. The van der Waals surface area contributed by atoms with Crippen molar-refractivity contribution in [1.29, 1.82) is 0 Å². The summed E-state index contributed by atoms with van der Waals surface area (Å²) in [5, 5.41) is 10.2. The quantitative estimate of drug-likeness (QED) is 0.730. The lowest BCUT2D eigenvalue weighted by Crippen LogP contribution is -2.54. The van der Waals surface area contributed by atoms with E-state index in [4.69, 9.17) is 4.74 Å². The van der Waals surface area contributed by atoms with Crippen LogP contribution in [0.1, 0.15) is 59.3 Å². The van der Waals surface area contributed by atoms with Crippen LogP contribution in [0.15, 0.2) is 0 Å². The largest absolute Gasteiger partial charge is 0.444 e. The Bertz CT molecular complexity index is 353. The maximum atomic E-state index is 11.9. The normalized spacial score (nSPS) is 22.5. The number of hydrogen-bond donors (Lipinski definition) is 3. The molecule has 0 aromatic heterocycles. The fourth-order valence-electron chi connectivity index (χ4n) is 3.47. The van der Waals surface area contributed by atoms with Crippen LogP contribution in [0.2, 0.25) is 0 Å². The topological polar surface area (TPSA) is 62.4 Å². The van der Waals surface area contributed by atoms with Gasteiger partial charge in [0.15, 0.2) is 0 Å². The summed E-state index contributed by atoms with van der Waals surface area (Å²) in [5.41, 5.74) is -0.364. The summed E-state index contributed by atoms with van der Waals surface area (Å²) >= 11 is 0. The van der Waals surface area contributed by atoms with E-state index in [0.29, 0.717) is 6.54 Å². The van der Waals surface area contributed by atoms with Gasteiger partial charge in [0.1, 0.15) is 5.60 Å². The van der Waals surface area contributed by atoms with Gasteiger partial charge in [-0.25, -0.2) is 4.79 Å². The second kappa shape index (κ2) is 7.64. The molecule has 1 saturated heterocycles. The molecule has 1 aliphatic carbocycles. The van der Waals surface area contributed by atoms with Gasteiger partial charge >= 0.3 is 6.09 Å². The summed E-state index contributed by atoms with van der Waals surface area (Å²) in [7, 11) is 0. The number of hydrogen-bond acceptors (Lipinski definition) is 4. The Balaban J connectivity index is 1.79. The summed E-state index contributed by atoms with van der Waals surface area (Å²) in [6, 6.07) is 0. The van der Waals surface area contributed by atoms with Gasteiger partial charge in [0.2, 0.25) is 0 Å². The molecule has 0 spiro atoms. The predicted molar refractivity (Wildman–Crippen MR) is 89.0 cm³/mol. The van der Waals surface area contributed by atoms with E-state index in [-0.39, 0.29) is 11.6 Å². The smallest absolute Gasteiger partial charge is 0.407 e. The van der Waals surface area contributed by atoms with E-state index in [2.05, 4.69) is 16.0 Å². The third-order valence-electron chi connectivity index (χ3n) is 4.76. The van der Waals surface area contributed by atoms with E-state index in [1.807, 2.05) is 20.8 Å². The Morgan fingerprint density at radius 2 is 1.86 bits per heavy atom. The molecule has 1 aliphatic heterocycles. The monoisotopic (exact) mass is 311 g/mol. The van der Waals surface area contributed by atoms with Crippen molar-refractivity contribution in [1.82, 2.24) is 16.0 Å². The van der Waals surface area contributed by atoms with Crippen LogP contribution in [0.5, 0.6) is 0 Å². The molecule has 0 radical (unpaired) electrons. The van der Waals surface area contributed by atoms with Crippen molar-refractivity contribution >= 4 is 6.09 Å². The first-order chi connectivity index (χ1) is 10.4. The minimum absolute atomic E-state index is 0.0712. The van der Waals surface area contributed by atoms with E-state index in [9.17, 15) is 4.79 Å². The molecule has 2 rings (SSSR count). The van der Waals surface area contributed by atoms with Crippen LogP contribution < -0.4 is 16.0 Å². The first-order valence-electron chi connectivity index (χ1n) is 8.81. The van der Waals surface area contributed by atoms with Gasteiger partial charge in [-0.15, -0.1) is 0 Å². The van der Waals surface area contributed by atoms with Crippen molar-refractivity contribution in [2.24, 2.45) is 5.92 Å². The highest BCUT2D eigenvalue weighted by Crippen LogP contribution is 2.29. The van der Waals surface area contributed by atoms with Crippen LogP contribution in [0, 0.1) is 5.92 Å². The van der Waals surface area contributed by atoms with Crippen LogP contribution in [0.25, 0.3) is 0 Å². The fraction of sp³-hybridized carbons (Fsp3) is 0.941. The van der Waals surface area contributed by atoms with Gasteiger partial charge in [-0.2, -0.15) is 0 Å². The Hall–Kier alpha value is -0.810. The Morgan fingerprint density at radius 3 is 2.45 bits per heavy atom. The summed E-state index contributed by atoms with van der Waals surface area (Å²) in [4.78, 5) is 11.9. The molecule has 22 heavy (non-hydrogen) atoms. The van der Waals surface area contributed by atoms with Crippen molar-refractivity contribution in [2.45, 2.75) is 70.4 Å². The third-order valence-corrected chi connectivity index (χ3v) is 4.76. The maximum absolute atomic E-state index is 11.9. The Kier molecular flexibility index (Phi) is 6.09. The van der Waals surface area contributed by atoms with Gasteiger partial charge < -0.3 is 20.7 Å². The Morgan fingerprint density at radius 1 is 1.23 bits per heavy atom. The maximum Gasteiger partial charge on any atom is 0.407 e. The van der Waals surface area contributed by atoms with Gasteiger partial charge in [-0.1, -0.05) is 12.8 Å². The van der Waals surface area contributed by atoms with Gasteiger partial charge in [0.05, 0.1) is 0 Å². The highest BCUT2D eigenvalue weighted by molar-refractivity contribution is 5.67. The number of rotatable bonds is 5. The summed E-state index contributed by atoms with van der Waals surface area (Å²) in [5.74, 6) is 0.764. The summed E-state index contributed by atoms with van der Waals surface area (Å²) < 4.78 is 5.35. The first kappa shape index (κ1) is 17.5. The van der Waals surface area contributed by atoms with Crippen LogP contribution in [0.3, 0.4) is 0 Å². The molecule has 5 heteroatoms. The van der Waals surface area contributed by atoms with Crippen molar-refractivity contribution in [3.63, 3.8) is 0 Å². The standard InChI is InChI=1S/C17H33N3O2/c1-16(2,3)22-15(21)19-13-17(8-4-5-9-17)20-12-14-6-10-18-11-7-14/h14,18,20H,4-13H2,1-3H3,(H,19,21). The lowest BCUT2D eigenvalue weighted by molar-refractivity contribution is 0.0508. The fourth-order valence-corrected chi connectivity index (χ4v) is 3.47. The van der Waals surface area contributed by atoms with E-state index in [1.165, 1.54) is 25.7 Å². The molecule has 5 nitrogen and oxygen atoms in total. The highest BCUT2D eigenvalue weighted by Gasteiger charge is 2.34. The van der Waals surface area contributed by atoms with Crippen molar-refractivity contribution < 1.29 is 9.53 Å². The van der Waals surface area contributed by atoms with Gasteiger partial charge in [-0.05, 0) is 72.0 Å². The van der Waals surface area contributed by atoms with Gasteiger partial charge in [0.25, 0.3) is 0 Å². The molecule has 0 bridgehead atoms. The highest BCUT2D eigenvalue weighted by atomic mass is 16.6. The minimum Gasteiger partial charge on any atom is -0.444 e. The molecule has 3 N–H and O–H groups in total. The molecule has 1 heterocycles. The summed E-state index contributed by atoms with van der Waals surface area (Å²) in [6.07, 6.45) is 6.99. The first-order valence-corrected chi connectivity index (χ1v) is 8.81. The average Bonchev–Trinajstić information content (AvgIpc) is 2.92. The zero-order valence-corrected chi connectivity index (χ0v) is 14.5. The number of carbonyl (C=O) groups is 1. The van der Waals surface area contributed by atoms with Crippen LogP contribution in [0.4, 0.5) is 4.79 Å². The predicted octanol–water partition coefficient (Wildman–Crippen LogP) is 2.41. The van der Waals surface area contributed by atoms with Crippen LogP contribution in [-0.4, -0.2) is 43.4 Å². The zero-order valence-electron chi connectivity index (χ0n) is 14.5. The molecule has 128 valence electrons. The molecular formula is C17H33N3O2. The molecule has 1 saturated carbocycles. The van der Waals surface area contributed by atoms with Crippen molar-refractivity contribution in [3.8, 4) is 0 Å². The van der Waals surface area contributed by atoms with E-state index < -0.39 is 5.60 Å². The molecule has 0 unspecified atom stereocenters. The number of amides is 1. The molecule has 0 aromatic rings. The van der Waals surface area contributed by atoms with Crippen LogP contribution >= 0.6 is 0 Å².